The maximum atomic E-state index is 11.6. The summed E-state index contributed by atoms with van der Waals surface area (Å²) < 4.78 is 0. The molecule has 1 amide bonds. The third-order valence-electron chi connectivity index (χ3n) is 3.93. The molecule has 2 aliphatic rings. The van der Waals surface area contributed by atoms with Gasteiger partial charge in [0.05, 0.1) is 5.92 Å². The van der Waals surface area contributed by atoms with Gasteiger partial charge in [-0.3, -0.25) is 9.59 Å². The van der Waals surface area contributed by atoms with Gasteiger partial charge in [0, 0.05) is 25.0 Å². The minimum absolute atomic E-state index is 0.130. The first kappa shape index (κ1) is 13.3. The van der Waals surface area contributed by atoms with E-state index in [9.17, 15) is 9.59 Å². The number of hydrogen-bond donors (Lipinski definition) is 2. The quantitative estimate of drug-likeness (QED) is 0.763. The number of nitrogens with zero attached hydrogens (tertiary/aromatic N) is 1. The summed E-state index contributed by atoms with van der Waals surface area (Å²) in [5.41, 5.74) is 0. The molecule has 0 spiro atoms. The fraction of sp³-hybridized carbons (Fsp3) is 0.846. The molecule has 1 heterocycles. The molecule has 0 bridgehead atoms. The lowest BCUT2D eigenvalue weighted by molar-refractivity contribution is -0.144. The Morgan fingerprint density at radius 2 is 2.06 bits per heavy atom. The van der Waals surface area contributed by atoms with Gasteiger partial charge in [-0.1, -0.05) is 0 Å². The number of piperidine rings is 1. The minimum atomic E-state index is -0.687. The molecule has 5 nitrogen and oxygen atoms in total. The number of carbonyl (C=O) groups is 2. The topological polar surface area (TPSA) is 69.6 Å². The Kier molecular flexibility index (Phi) is 4.22. The summed E-state index contributed by atoms with van der Waals surface area (Å²) in [6.45, 7) is 3.58. The second kappa shape index (κ2) is 5.69. The Morgan fingerprint density at radius 3 is 2.61 bits per heavy atom. The number of aliphatic carboxylic acids is 1. The molecular formula is C13H22N2O3. The normalized spacial score (nSPS) is 28.9. The number of hydrogen-bond acceptors (Lipinski definition) is 3. The van der Waals surface area contributed by atoms with Crippen LogP contribution in [0.3, 0.4) is 0 Å². The fourth-order valence-corrected chi connectivity index (χ4v) is 2.55. The van der Waals surface area contributed by atoms with E-state index < -0.39 is 5.97 Å². The molecule has 18 heavy (non-hydrogen) atoms. The molecule has 5 heteroatoms. The van der Waals surface area contributed by atoms with Crippen molar-refractivity contribution in [2.45, 2.75) is 51.1 Å². The van der Waals surface area contributed by atoms with Crippen molar-refractivity contribution in [3.05, 3.63) is 0 Å². The van der Waals surface area contributed by atoms with E-state index in [0.29, 0.717) is 25.3 Å². The lowest BCUT2D eigenvalue weighted by atomic mass is 9.91. The van der Waals surface area contributed by atoms with E-state index in [1.165, 1.54) is 0 Å². The second-order valence-electron chi connectivity index (χ2n) is 5.54. The molecule has 2 unspecified atom stereocenters. The van der Waals surface area contributed by atoms with Crippen molar-refractivity contribution in [1.29, 1.82) is 0 Å². The number of nitrogens with one attached hydrogen (secondary N) is 1. The lowest BCUT2D eigenvalue weighted by Crippen LogP contribution is -2.44. The lowest BCUT2D eigenvalue weighted by Gasteiger charge is -2.36. The Hall–Kier alpha value is -1.10. The zero-order chi connectivity index (χ0) is 13.1. The first-order chi connectivity index (χ1) is 8.56. The smallest absolute Gasteiger partial charge is 0.306 e. The van der Waals surface area contributed by atoms with Gasteiger partial charge in [0.25, 0.3) is 0 Å². The van der Waals surface area contributed by atoms with Crippen molar-refractivity contribution in [3.8, 4) is 0 Å². The van der Waals surface area contributed by atoms with Crippen LogP contribution in [0.2, 0.25) is 0 Å². The third kappa shape index (κ3) is 3.70. The predicted octanol–water partition coefficient (Wildman–Crippen LogP) is 0.840. The first-order valence-electron chi connectivity index (χ1n) is 6.82. The van der Waals surface area contributed by atoms with Crippen LogP contribution in [-0.4, -0.2) is 47.1 Å². The van der Waals surface area contributed by atoms with Crippen LogP contribution in [0.4, 0.5) is 0 Å². The monoisotopic (exact) mass is 254 g/mol. The molecule has 0 aromatic rings. The molecule has 0 aromatic heterocycles. The highest BCUT2D eigenvalue weighted by atomic mass is 16.4. The van der Waals surface area contributed by atoms with E-state index in [1.807, 2.05) is 6.92 Å². The predicted molar refractivity (Wildman–Crippen MR) is 67.2 cm³/mol. The van der Waals surface area contributed by atoms with E-state index in [-0.39, 0.29) is 17.9 Å². The van der Waals surface area contributed by atoms with Gasteiger partial charge < -0.3 is 15.3 Å². The van der Waals surface area contributed by atoms with Crippen LogP contribution in [0.5, 0.6) is 0 Å². The number of rotatable bonds is 5. The summed E-state index contributed by atoms with van der Waals surface area (Å²) in [6, 6.07) is 0.682. The molecule has 2 fully saturated rings. The number of carboxylic acids is 1. The van der Waals surface area contributed by atoms with E-state index in [2.05, 4.69) is 10.2 Å². The summed E-state index contributed by atoms with van der Waals surface area (Å²) in [4.78, 5) is 24.7. The zero-order valence-corrected chi connectivity index (χ0v) is 10.9. The average molecular weight is 254 g/mol. The molecule has 0 aromatic carbocycles. The molecule has 1 saturated heterocycles. The third-order valence-corrected chi connectivity index (χ3v) is 3.93. The van der Waals surface area contributed by atoms with Gasteiger partial charge in [0.15, 0.2) is 0 Å². The molecule has 0 radical (unpaired) electrons. The van der Waals surface area contributed by atoms with Crippen LogP contribution < -0.4 is 5.32 Å². The van der Waals surface area contributed by atoms with E-state index in [4.69, 9.17) is 5.11 Å². The van der Waals surface area contributed by atoms with Gasteiger partial charge in [-0.2, -0.15) is 0 Å². The Labute approximate surface area is 108 Å². The molecule has 1 saturated carbocycles. The van der Waals surface area contributed by atoms with Crippen LogP contribution in [-0.2, 0) is 9.59 Å². The van der Waals surface area contributed by atoms with Crippen molar-refractivity contribution >= 4 is 11.9 Å². The van der Waals surface area contributed by atoms with Gasteiger partial charge in [-0.25, -0.2) is 0 Å². The number of amides is 1. The number of carbonyl (C=O) groups excluding carboxylic acids is 1. The zero-order valence-electron chi connectivity index (χ0n) is 10.9. The average Bonchev–Trinajstić information content (AvgIpc) is 3.11. The molecule has 2 rings (SSSR count). The van der Waals surface area contributed by atoms with Crippen LogP contribution in [0, 0.1) is 5.92 Å². The summed E-state index contributed by atoms with van der Waals surface area (Å²) in [6.07, 6.45) is 4.15. The maximum absolute atomic E-state index is 11.6. The van der Waals surface area contributed by atoms with Crippen molar-refractivity contribution < 1.29 is 14.7 Å². The highest BCUT2D eigenvalue weighted by Gasteiger charge is 2.30. The summed E-state index contributed by atoms with van der Waals surface area (Å²) in [5, 5.41) is 12.0. The first-order valence-corrected chi connectivity index (χ1v) is 6.82. The fourth-order valence-electron chi connectivity index (χ4n) is 2.55. The summed E-state index contributed by atoms with van der Waals surface area (Å²) in [5.74, 6) is -0.769. The van der Waals surface area contributed by atoms with Gasteiger partial charge in [0.1, 0.15) is 0 Å². The van der Waals surface area contributed by atoms with Gasteiger partial charge >= 0.3 is 5.97 Å². The standard InChI is InChI=1S/C13H22N2O3/c1-9-8-10(13(17)18)4-6-15(9)7-5-12(16)14-11-2-3-11/h9-11H,2-8H2,1H3,(H,14,16)(H,17,18). The van der Waals surface area contributed by atoms with E-state index >= 15 is 0 Å². The van der Waals surface area contributed by atoms with Gasteiger partial charge in [0.2, 0.25) is 5.91 Å². The molecule has 1 aliphatic heterocycles. The second-order valence-corrected chi connectivity index (χ2v) is 5.54. The SMILES string of the molecule is CC1CC(C(=O)O)CCN1CCC(=O)NC1CC1. The van der Waals surface area contributed by atoms with Crippen molar-refractivity contribution in [1.82, 2.24) is 10.2 Å². The van der Waals surface area contributed by atoms with Gasteiger partial charge in [-0.15, -0.1) is 0 Å². The Bertz CT molecular complexity index is 328. The van der Waals surface area contributed by atoms with Crippen LogP contribution in [0.1, 0.15) is 39.0 Å². The van der Waals surface area contributed by atoms with E-state index in [0.717, 1.165) is 25.9 Å². The minimum Gasteiger partial charge on any atom is -0.481 e. The summed E-state index contributed by atoms with van der Waals surface area (Å²) in [7, 11) is 0. The van der Waals surface area contributed by atoms with Crippen LogP contribution in [0.25, 0.3) is 0 Å². The van der Waals surface area contributed by atoms with Gasteiger partial charge in [-0.05, 0) is 39.2 Å². The summed E-state index contributed by atoms with van der Waals surface area (Å²) >= 11 is 0. The highest BCUT2D eigenvalue weighted by molar-refractivity contribution is 5.76. The molecule has 2 N–H and O–H groups in total. The molecule has 102 valence electrons. The molecule has 1 aliphatic carbocycles. The molecule has 2 atom stereocenters. The van der Waals surface area contributed by atoms with Crippen LogP contribution >= 0.6 is 0 Å². The van der Waals surface area contributed by atoms with Crippen molar-refractivity contribution in [2.24, 2.45) is 5.92 Å². The molecular weight excluding hydrogens is 232 g/mol. The van der Waals surface area contributed by atoms with E-state index in [1.54, 1.807) is 0 Å². The number of likely N-dealkylation sites (tertiary alicyclic amines) is 1. The Morgan fingerprint density at radius 1 is 1.33 bits per heavy atom. The van der Waals surface area contributed by atoms with Crippen molar-refractivity contribution in [2.75, 3.05) is 13.1 Å². The van der Waals surface area contributed by atoms with Crippen LogP contribution in [0.15, 0.2) is 0 Å². The Balaban J connectivity index is 1.69. The van der Waals surface area contributed by atoms with Crippen molar-refractivity contribution in [3.63, 3.8) is 0 Å². The highest BCUT2D eigenvalue weighted by Crippen LogP contribution is 2.23. The largest absolute Gasteiger partial charge is 0.481 e. The number of carboxylic acid groups (broad SMARTS) is 1. The maximum Gasteiger partial charge on any atom is 0.306 e.